The molecule has 2 aromatic rings. The number of hydrogen-bond acceptors (Lipinski definition) is 1. The van der Waals surface area contributed by atoms with Crippen LogP contribution in [0, 0.1) is 0 Å². The van der Waals surface area contributed by atoms with Crippen molar-refractivity contribution in [2.45, 2.75) is 52.6 Å². The van der Waals surface area contributed by atoms with Gasteiger partial charge in [-0.1, -0.05) is 13.0 Å². The highest BCUT2D eigenvalue weighted by atomic mass is 16.1. The molecular weight excluding hydrogens is 248 g/mol. The largest absolute Gasteiger partial charge is 0.354 e. The molecule has 0 saturated heterocycles. The number of amides is 1. The van der Waals surface area contributed by atoms with E-state index in [-0.39, 0.29) is 11.9 Å². The molecule has 1 atom stereocenters. The van der Waals surface area contributed by atoms with Crippen molar-refractivity contribution in [2.24, 2.45) is 0 Å². The van der Waals surface area contributed by atoms with E-state index in [9.17, 15) is 4.79 Å². The molecule has 0 aliphatic heterocycles. The van der Waals surface area contributed by atoms with Crippen molar-refractivity contribution < 1.29 is 4.79 Å². The van der Waals surface area contributed by atoms with Crippen LogP contribution in [0.3, 0.4) is 0 Å². The van der Waals surface area contributed by atoms with Gasteiger partial charge in [-0.3, -0.25) is 4.79 Å². The molecule has 1 unspecified atom stereocenters. The topological polar surface area (TPSA) is 34.0 Å². The van der Waals surface area contributed by atoms with Gasteiger partial charge in [0, 0.05) is 30.7 Å². The second-order valence-corrected chi connectivity index (χ2v) is 5.37. The maximum atomic E-state index is 11.8. The van der Waals surface area contributed by atoms with Gasteiger partial charge in [-0.25, -0.2) is 0 Å². The third-order valence-electron chi connectivity index (χ3n) is 3.84. The minimum Gasteiger partial charge on any atom is -0.354 e. The number of rotatable bonds is 6. The molecule has 1 aromatic carbocycles. The van der Waals surface area contributed by atoms with Crippen LogP contribution in [0.5, 0.6) is 0 Å². The molecule has 108 valence electrons. The maximum absolute atomic E-state index is 11.8. The fraction of sp³-hybridized carbons (Fsp3) is 0.471. The quantitative estimate of drug-likeness (QED) is 0.858. The fourth-order valence-corrected chi connectivity index (χ4v) is 2.39. The second-order valence-electron chi connectivity index (χ2n) is 5.37. The molecule has 0 fully saturated rings. The van der Waals surface area contributed by atoms with Gasteiger partial charge in [0.25, 0.3) is 0 Å². The molecule has 2 rings (SSSR count). The van der Waals surface area contributed by atoms with Crippen LogP contribution in [-0.4, -0.2) is 16.5 Å². The van der Waals surface area contributed by atoms with Crippen molar-refractivity contribution in [3.8, 4) is 0 Å². The Bertz CT molecular complexity index is 586. The van der Waals surface area contributed by atoms with Crippen LogP contribution >= 0.6 is 0 Å². The van der Waals surface area contributed by atoms with E-state index in [1.54, 1.807) is 0 Å². The molecule has 3 nitrogen and oxygen atoms in total. The average Bonchev–Trinajstić information content (AvgIpc) is 2.87. The molecule has 0 radical (unpaired) electrons. The zero-order chi connectivity index (χ0) is 14.5. The van der Waals surface area contributed by atoms with Gasteiger partial charge in [-0.15, -0.1) is 0 Å². The Morgan fingerprint density at radius 3 is 2.80 bits per heavy atom. The van der Waals surface area contributed by atoms with Crippen LogP contribution in [0.15, 0.2) is 30.5 Å². The highest BCUT2D eigenvalue weighted by Crippen LogP contribution is 2.18. The summed E-state index contributed by atoms with van der Waals surface area (Å²) in [4.78, 5) is 11.8. The lowest BCUT2D eigenvalue weighted by molar-refractivity contribution is -0.121. The number of nitrogens with one attached hydrogen (secondary N) is 1. The third-order valence-corrected chi connectivity index (χ3v) is 3.84. The Balaban J connectivity index is 1.98. The number of fused-ring (bicyclic) bond motifs is 1. The second kappa shape index (κ2) is 6.60. The van der Waals surface area contributed by atoms with Gasteiger partial charge in [-0.05, 0) is 55.8 Å². The zero-order valence-corrected chi connectivity index (χ0v) is 12.6. The van der Waals surface area contributed by atoms with Crippen molar-refractivity contribution in [1.82, 2.24) is 9.88 Å². The van der Waals surface area contributed by atoms with Gasteiger partial charge >= 0.3 is 0 Å². The Kier molecular flexibility index (Phi) is 4.83. The minimum absolute atomic E-state index is 0.144. The Labute approximate surface area is 121 Å². The van der Waals surface area contributed by atoms with E-state index >= 15 is 0 Å². The summed E-state index contributed by atoms with van der Waals surface area (Å²) in [5.41, 5.74) is 2.49. The molecule has 20 heavy (non-hydrogen) atoms. The first-order valence-electron chi connectivity index (χ1n) is 7.51. The molecule has 3 heteroatoms. The monoisotopic (exact) mass is 272 g/mol. The summed E-state index contributed by atoms with van der Waals surface area (Å²) >= 11 is 0. The van der Waals surface area contributed by atoms with E-state index in [1.165, 1.54) is 16.5 Å². The van der Waals surface area contributed by atoms with Crippen molar-refractivity contribution >= 4 is 16.8 Å². The van der Waals surface area contributed by atoms with Crippen LogP contribution in [0.25, 0.3) is 10.9 Å². The first-order chi connectivity index (χ1) is 9.63. The SMILES string of the molecule is CCC(C)NC(=O)CCc1ccc2c(ccn2CC)c1. The van der Waals surface area contributed by atoms with Crippen LogP contribution in [0.4, 0.5) is 0 Å². The van der Waals surface area contributed by atoms with Gasteiger partial charge < -0.3 is 9.88 Å². The van der Waals surface area contributed by atoms with E-state index in [0.29, 0.717) is 6.42 Å². The number of aromatic nitrogens is 1. The molecule has 1 N–H and O–H groups in total. The predicted molar refractivity (Wildman–Crippen MR) is 83.8 cm³/mol. The Morgan fingerprint density at radius 1 is 1.30 bits per heavy atom. The van der Waals surface area contributed by atoms with Crippen molar-refractivity contribution in [3.63, 3.8) is 0 Å². The van der Waals surface area contributed by atoms with Crippen molar-refractivity contribution in [3.05, 3.63) is 36.0 Å². The normalized spacial score (nSPS) is 12.6. The van der Waals surface area contributed by atoms with Gasteiger partial charge in [0.05, 0.1) is 0 Å². The van der Waals surface area contributed by atoms with E-state index in [0.717, 1.165) is 19.4 Å². The molecule has 0 bridgehead atoms. The van der Waals surface area contributed by atoms with Crippen molar-refractivity contribution in [2.75, 3.05) is 0 Å². The highest BCUT2D eigenvalue weighted by molar-refractivity contribution is 5.81. The summed E-state index contributed by atoms with van der Waals surface area (Å²) < 4.78 is 2.23. The number of nitrogens with zero attached hydrogens (tertiary/aromatic N) is 1. The van der Waals surface area contributed by atoms with Crippen molar-refractivity contribution in [1.29, 1.82) is 0 Å². The summed E-state index contributed by atoms with van der Waals surface area (Å²) in [6.45, 7) is 7.25. The van der Waals surface area contributed by atoms with Crippen LogP contribution < -0.4 is 5.32 Å². The summed E-state index contributed by atoms with van der Waals surface area (Å²) in [5.74, 6) is 0.144. The molecular formula is C17H24N2O. The maximum Gasteiger partial charge on any atom is 0.220 e. The fourth-order valence-electron chi connectivity index (χ4n) is 2.39. The van der Waals surface area contributed by atoms with Crippen LogP contribution in [0.2, 0.25) is 0 Å². The first kappa shape index (κ1) is 14.6. The Morgan fingerprint density at radius 2 is 2.10 bits per heavy atom. The molecule has 0 aliphatic rings. The number of aryl methyl sites for hydroxylation is 2. The number of benzene rings is 1. The average molecular weight is 272 g/mol. The molecule has 0 aliphatic carbocycles. The number of hydrogen-bond donors (Lipinski definition) is 1. The van der Waals surface area contributed by atoms with Gasteiger partial charge in [0.15, 0.2) is 0 Å². The van der Waals surface area contributed by atoms with E-state index < -0.39 is 0 Å². The van der Waals surface area contributed by atoms with Gasteiger partial charge in [0.1, 0.15) is 0 Å². The summed E-state index contributed by atoms with van der Waals surface area (Å²) in [6.07, 6.45) is 4.45. The summed E-state index contributed by atoms with van der Waals surface area (Å²) in [5, 5.41) is 4.26. The molecule has 1 aromatic heterocycles. The van der Waals surface area contributed by atoms with E-state index in [2.05, 4.69) is 54.2 Å². The smallest absolute Gasteiger partial charge is 0.220 e. The first-order valence-corrected chi connectivity index (χ1v) is 7.51. The number of carbonyl (C=O) groups is 1. The van der Waals surface area contributed by atoms with Crippen LogP contribution in [-0.2, 0) is 17.8 Å². The highest BCUT2D eigenvalue weighted by Gasteiger charge is 2.07. The van der Waals surface area contributed by atoms with Gasteiger partial charge in [-0.2, -0.15) is 0 Å². The molecule has 1 heterocycles. The summed E-state index contributed by atoms with van der Waals surface area (Å²) in [6, 6.07) is 8.88. The Hall–Kier alpha value is -1.77. The lowest BCUT2D eigenvalue weighted by Gasteiger charge is -2.11. The number of carbonyl (C=O) groups excluding carboxylic acids is 1. The molecule has 1 amide bonds. The summed E-state index contributed by atoms with van der Waals surface area (Å²) in [7, 11) is 0. The lowest BCUT2D eigenvalue weighted by Crippen LogP contribution is -2.31. The predicted octanol–water partition coefficient (Wildman–Crippen LogP) is 3.51. The van der Waals surface area contributed by atoms with E-state index in [1.807, 2.05) is 6.92 Å². The van der Waals surface area contributed by atoms with E-state index in [4.69, 9.17) is 0 Å². The zero-order valence-electron chi connectivity index (χ0n) is 12.6. The standard InChI is InChI=1S/C17H24N2O/c1-4-13(3)18-17(20)9-7-14-6-8-16-15(12-14)10-11-19(16)5-2/h6,8,10-13H,4-5,7,9H2,1-3H3,(H,18,20). The van der Waals surface area contributed by atoms with Gasteiger partial charge in [0.2, 0.25) is 5.91 Å². The molecule has 0 saturated carbocycles. The molecule has 0 spiro atoms. The van der Waals surface area contributed by atoms with Crippen LogP contribution in [0.1, 0.15) is 39.2 Å². The lowest BCUT2D eigenvalue weighted by atomic mass is 10.1. The minimum atomic E-state index is 0.144. The third kappa shape index (κ3) is 3.41.